The second-order valence-corrected chi connectivity index (χ2v) is 5.58. The van der Waals surface area contributed by atoms with Crippen LogP contribution in [0.1, 0.15) is 0 Å². The van der Waals surface area contributed by atoms with Crippen LogP contribution in [0, 0.1) is 0 Å². The molecule has 0 aliphatic heterocycles. The maximum Gasteiger partial charge on any atom is 0.137 e. The Balaban J connectivity index is 0.00000120. The van der Waals surface area contributed by atoms with Crippen LogP contribution in [-0.2, 0) is 0 Å². The monoisotopic (exact) mass is 386 g/mol. The van der Waals surface area contributed by atoms with Crippen LogP contribution in [0.2, 0.25) is 0 Å². The fourth-order valence-corrected chi connectivity index (χ4v) is 2.34. The van der Waals surface area contributed by atoms with Gasteiger partial charge >= 0.3 is 0 Å². The van der Waals surface area contributed by atoms with Gasteiger partial charge in [-0.15, -0.1) is 12.4 Å². The summed E-state index contributed by atoms with van der Waals surface area (Å²) in [4.78, 5) is 4.58. The molecule has 3 rings (SSSR count). The summed E-state index contributed by atoms with van der Waals surface area (Å²) in [5.74, 6) is 0. The van der Waals surface area contributed by atoms with Crippen molar-refractivity contribution < 1.29 is 0 Å². The average Bonchev–Trinajstić information content (AvgIpc) is 2.72. The van der Waals surface area contributed by atoms with Crippen molar-refractivity contribution in [2.24, 2.45) is 0 Å². The van der Waals surface area contributed by atoms with Crippen molar-refractivity contribution in [3.8, 4) is 11.3 Å². The van der Waals surface area contributed by atoms with Gasteiger partial charge in [-0.2, -0.15) is 0 Å². The van der Waals surface area contributed by atoms with E-state index in [0.29, 0.717) is 0 Å². The van der Waals surface area contributed by atoms with Crippen LogP contribution >= 0.6 is 44.3 Å². The molecule has 0 aliphatic rings. The number of hydrogen-bond donors (Lipinski definition) is 0. The third kappa shape index (κ3) is 2.60. The molecule has 0 aliphatic carbocycles. The lowest BCUT2D eigenvalue weighted by molar-refractivity contribution is 1.17. The van der Waals surface area contributed by atoms with Crippen LogP contribution in [0.5, 0.6) is 0 Å². The lowest BCUT2D eigenvalue weighted by Gasteiger charge is -1.95. The molecule has 0 fully saturated rings. The van der Waals surface area contributed by atoms with Crippen LogP contribution in [0.4, 0.5) is 0 Å². The zero-order valence-electron chi connectivity index (χ0n) is 9.18. The zero-order chi connectivity index (χ0) is 11.8. The molecule has 0 bridgehead atoms. The largest absolute Gasteiger partial charge is 0.305 e. The molecule has 0 saturated carbocycles. The summed E-state index contributed by atoms with van der Waals surface area (Å²) in [6, 6.07) is 12.1. The van der Waals surface area contributed by atoms with Crippen molar-refractivity contribution in [3.63, 3.8) is 0 Å². The Labute approximate surface area is 128 Å². The number of halogens is 3. The number of imidazole rings is 1. The topological polar surface area (TPSA) is 17.3 Å². The second-order valence-electron chi connectivity index (χ2n) is 3.75. The van der Waals surface area contributed by atoms with E-state index < -0.39 is 0 Å². The van der Waals surface area contributed by atoms with Crippen molar-refractivity contribution in [2.75, 3.05) is 0 Å². The van der Waals surface area contributed by atoms with Gasteiger partial charge in [0.25, 0.3) is 0 Å². The van der Waals surface area contributed by atoms with Crippen molar-refractivity contribution in [2.45, 2.75) is 0 Å². The molecule has 0 saturated heterocycles. The number of aromatic nitrogens is 2. The lowest BCUT2D eigenvalue weighted by Crippen LogP contribution is -1.80. The molecule has 0 N–H and O–H groups in total. The van der Waals surface area contributed by atoms with Gasteiger partial charge in [0.15, 0.2) is 0 Å². The number of benzene rings is 1. The fourth-order valence-electron chi connectivity index (χ4n) is 1.72. The molecular weight excluding hydrogens is 379 g/mol. The van der Waals surface area contributed by atoms with Gasteiger partial charge in [-0.25, -0.2) is 4.98 Å². The molecule has 2 heterocycles. The van der Waals surface area contributed by atoms with Gasteiger partial charge in [-0.1, -0.05) is 28.1 Å². The number of pyridine rings is 1. The van der Waals surface area contributed by atoms with Crippen molar-refractivity contribution in [1.82, 2.24) is 9.38 Å². The first kappa shape index (κ1) is 13.6. The van der Waals surface area contributed by atoms with Crippen LogP contribution in [0.25, 0.3) is 16.9 Å². The highest BCUT2D eigenvalue weighted by molar-refractivity contribution is 9.10. The van der Waals surface area contributed by atoms with E-state index >= 15 is 0 Å². The molecular formula is C13H9Br2ClN2. The Morgan fingerprint density at radius 1 is 0.833 bits per heavy atom. The quantitative estimate of drug-likeness (QED) is 0.577. The third-order valence-electron chi connectivity index (χ3n) is 2.55. The minimum Gasteiger partial charge on any atom is -0.305 e. The fraction of sp³-hybridized carbons (Fsp3) is 0. The minimum absolute atomic E-state index is 0. The van der Waals surface area contributed by atoms with E-state index in [1.54, 1.807) is 0 Å². The van der Waals surface area contributed by atoms with Gasteiger partial charge in [0.1, 0.15) is 5.65 Å². The second kappa shape index (κ2) is 5.43. The Bertz CT molecular complexity index is 677. The van der Waals surface area contributed by atoms with E-state index in [4.69, 9.17) is 0 Å². The summed E-state index contributed by atoms with van der Waals surface area (Å²) < 4.78 is 4.14. The number of rotatable bonds is 1. The maximum absolute atomic E-state index is 4.58. The van der Waals surface area contributed by atoms with Crippen LogP contribution in [0.3, 0.4) is 0 Å². The van der Waals surface area contributed by atoms with Gasteiger partial charge in [0.05, 0.1) is 5.69 Å². The Morgan fingerprint density at radius 2 is 1.50 bits per heavy atom. The first-order valence-electron chi connectivity index (χ1n) is 5.12. The Kier molecular flexibility index (Phi) is 4.10. The highest BCUT2D eigenvalue weighted by atomic mass is 79.9. The van der Waals surface area contributed by atoms with E-state index in [-0.39, 0.29) is 12.4 Å². The smallest absolute Gasteiger partial charge is 0.137 e. The highest BCUT2D eigenvalue weighted by Crippen LogP contribution is 2.22. The Hall–Kier alpha value is -0.840. The van der Waals surface area contributed by atoms with Crippen molar-refractivity contribution in [1.29, 1.82) is 0 Å². The van der Waals surface area contributed by atoms with E-state index in [0.717, 1.165) is 25.8 Å². The van der Waals surface area contributed by atoms with Crippen LogP contribution in [-0.4, -0.2) is 9.38 Å². The summed E-state index contributed by atoms with van der Waals surface area (Å²) in [6.07, 6.45) is 4.04. The van der Waals surface area contributed by atoms with Crippen molar-refractivity contribution in [3.05, 3.63) is 57.7 Å². The van der Waals surface area contributed by atoms with E-state index in [9.17, 15) is 0 Å². The standard InChI is InChI=1S/C13H8Br2N2.ClH/c14-10-3-1-9(2-4-10)12-8-17-7-11(15)5-6-13(17)16-12;/h1-8H;1H. The molecule has 0 spiro atoms. The van der Waals surface area contributed by atoms with Gasteiger partial charge in [-0.3, -0.25) is 0 Å². The summed E-state index contributed by atoms with van der Waals surface area (Å²) in [5, 5.41) is 0. The Morgan fingerprint density at radius 3 is 2.22 bits per heavy atom. The average molecular weight is 388 g/mol. The maximum atomic E-state index is 4.58. The lowest BCUT2D eigenvalue weighted by atomic mass is 10.2. The predicted molar refractivity (Wildman–Crippen MR) is 83.3 cm³/mol. The van der Waals surface area contributed by atoms with Crippen LogP contribution < -0.4 is 0 Å². The molecule has 0 unspecified atom stereocenters. The van der Waals surface area contributed by atoms with Gasteiger partial charge < -0.3 is 4.40 Å². The normalized spacial score (nSPS) is 10.3. The molecule has 5 heteroatoms. The highest BCUT2D eigenvalue weighted by Gasteiger charge is 2.04. The molecule has 0 atom stereocenters. The number of hydrogen-bond acceptors (Lipinski definition) is 1. The van der Waals surface area contributed by atoms with E-state index in [2.05, 4.69) is 49.0 Å². The first-order chi connectivity index (χ1) is 8.22. The molecule has 3 aromatic rings. The molecule has 1 aromatic carbocycles. The van der Waals surface area contributed by atoms with E-state index in [1.165, 1.54) is 0 Å². The first-order valence-corrected chi connectivity index (χ1v) is 6.71. The molecule has 92 valence electrons. The third-order valence-corrected chi connectivity index (χ3v) is 3.55. The SMILES string of the molecule is Brc1ccc(-c2cn3cc(Br)ccc3n2)cc1.Cl. The zero-order valence-corrected chi connectivity index (χ0v) is 13.2. The molecule has 0 amide bonds. The van der Waals surface area contributed by atoms with E-state index in [1.807, 2.05) is 41.1 Å². The molecule has 2 nitrogen and oxygen atoms in total. The molecule has 2 aromatic heterocycles. The summed E-state index contributed by atoms with van der Waals surface area (Å²) in [7, 11) is 0. The molecule has 18 heavy (non-hydrogen) atoms. The number of fused-ring (bicyclic) bond motifs is 1. The predicted octanol–water partition coefficient (Wildman–Crippen LogP) is 4.95. The summed E-state index contributed by atoms with van der Waals surface area (Å²) >= 11 is 6.88. The van der Waals surface area contributed by atoms with Crippen molar-refractivity contribution >= 4 is 49.9 Å². The van der Waals surface area contributed by atoms with Gasteiger partial charge in [0.2, 0.25) is 0 Å². The minimum atomic E-state index is 0. The summed E-state index contributed by atoms with van der Waals surface area (Å²) in [6.45, 7) is 0. The van der Waals surface area contributed by atoms with Crippen LogP contribution in [0.15, 0.2) is 57.7 Å². The molecule has 0 radical (unpaired) electrons. The number of nitrogens with zero attached hydrogens (tertiary/aromatic N) is 2. The van der Waals surface area contributed by atoms with Gasteiger partial charge in [0, 0.05) is 26.9 Å². The summed E-state index contributed by atoms with van der Waals surface area (Å²) in [5.41, 5.74) is 3.05. The van der Waals surface area contributed by atoms with Gasteiger partial charge in [-0.05, 0) is 40.2 Å².